The largest absolute Gasteiger partial charge is 0.481 e. The molecule has 2 aliphatic rings. The van der Waals surface area contributed by atoms with E-state index in [0.717, 1.165) is 51.4 Å². The summed E-state index contributed by atoms with van der Waals surface area (Å²) in [6, 6.07) is -0.505. The summed E-state index contributed by atoms with van der Waals surface area (Å²) in [7, 11) is 0. The van der Waals surface area contributed by atoms with Crippen LogP contribution in [0.15, 0.2) is 0 Å². The van der Waals surface area contributed by atoms with E-state index in [4.69, 9.17) is 5.11 Å². The number of urea groups is 1. The van der Waals surface area contributed by atoms with Gasteiger partial charge in [-0.2, -0.15) is 0 Å². The van der Waals surface area contributed by atoms with Gasteiger partial charge in [0.2, 0.25) is 0 Å². The van der Waals surface area contributed by atoms with E-state index in [2.05, 4.69) is 10.6 Å². The minimum Gasteiger partial charge on any atom is -0.481 e. The van der Waals surface area contributed by atoms with Crippen molar-refractivity contribution in [3.8, 4) is 0 Å². The van der Waals surface area contributed by atoms with Gasteiger partial charge in [0.1, 0.15) is 5.54 Å². The highest BCUT2D eigenvalue weighted by molar-refractivity contribution is 5.86. The van der Waals surface area contributed by atoms with Crippen molar-refractivity contribution in [3.63, 3.8) is 0 Å². The maximum atomic E-state index is 12.3. The van der Waals surface area contributed by atoms with Gasteiger partial charge in [0, 0.05) is 6.54 Å². The molecule has 0 spiro atoms. The molecule has 7 heteroatoms. The zero-order valence-corrected chi connectivity index (χ0v) is 14.1. The Bertz CT molecular complexity index is 479. The number of hydrogen-bond acceptors (Lipinski definition) is 3. The molecule has 0 aromatic rings. The number of carbonyl (C=O) groups excluding carboxylic acids is 1. The number of hydrogen-bond donors (Lipinski definition) is 4. The van der Waals surface area contributed by atoms with Crippen LogP contribution in [0.2, 0.25) is 0 Å². The maximum absolute atomic E-state index is 12.3. The summed E-state index contributed by atoms with van der Waals surface area (Å²) in [5.41, 5.74) is -1.60. The molecule has 2 rings (SSSR count). The summed E-state index contributed by atoms with van der Waals surface area (Å²) in [5.74, 6) is -1.84. The van der Waals surface area contributed by atoms with Crippen LogP contribution < -0.4 is 10.6 Å². The van der Waals surface area contributed by atoms with Crippen LogP contribution >= 0.6 is 0 Å². The predicted molar refractivity (Wildman–Crippen MR) is 87.8 cm³/mol. The molecule has 2 fully saturated rings. The van der Waals surface area contributed by atoms with Crippen molar-refractivity contribution < 1.29 is 24.6 Å². The molecule has 136 valence electrons. The van der Waals surface area contributed by atoms with E-state index in [1.165, 1.54) is 0 Å². The molecule has 0 saturated heterocycles. The normalized spacial score (nSPS) is 22.3. The molecule has 0 heterocycles. The monoisotopic (exact) mass is 340 g/mol. The van der Waals surface area contributed by atoms with Gasteiger partial charge in [-0.15, -0.1) is 0 Å². The molecule has 0 aromatic heterocycles. The Morgan fingerprint density at radius 2 is 1.38 bits per heavy atom. The zero-order valence-electron chi connectivity index (χ0n) is 14.1. The summed E-state index contributed by atoms with van der Waals surface area (Å²) in [5, 5.41) is 24.1. The number of carbonyl (C=O) groups is 3. The van der Waals surface area contributed by atoms with Crippen LogP contribution in [0.25, 0.3) is 0 Å². The van der Waals surface area contributed by atoms with Crippen molar-refractivity contribution in [1.82, 2.24) is 10.6 Å². The van der Waals surface area contributed by atoms with Crippen LogP contribution in [0.5, 0.6) is 0 Å². The molecule has 4 N–H and O–H groups in total. The van der Waals surface area contributed by atoms with E-state index in [1.807, 2.05) is 0 Å². The van der Waals surface area contributed by atoms with Crippen LogP contribution in [0.3, 0.4) is 0 Å². The smallest absolute Gasteiger partial charge is 0.329 e. The lowest BCUT2D eigenvalue weighted by atomic mass is 9.72. The summed E-state index contributed by atoms with van der Waals surface area (Å²) >= 11 is 0. The van der Waals surface area contributed by atoms with E-state index in [0.29, 0.717) is 12.8 Å². The van der Waals surface area contributed by atoms with Crippen molar-refractivity contribution in [2.75, 3.05) is 6.54 Å². The van der Waals surface area contributed by atoms with Crippen molar-refractivity contribution in [2.45, 2.75) is 76.2 Å². The van der Waals surface area contributed by atoms with Crippen LogP contribution in [0, 0.1) is 5.41 Å². The highest BCUT2D eigenvalue weighted by Gasteiger charge is 2.41. The van der Waals surface area contributed by atoms with Crippen molar-refractivity contribution in [2.24, 2.45) is 5.41 Å². The average Bonchev–Trinajstić information content (AvgIpc) is 2.54. The molecule has 7 nitrogen and oxygen atoms in total. The molecule has 0 unspecified atom stereocenters. The van der Waals surface area contributed by atoms with E-state index in [1.54, 1.807) is 0 Å². The Balaban J connectivity index is 1.94. The molecule has 24 heavy (non-hydrogen) atoms. The fraction of sp³-hybridized carbons (Fsp3) is 0.824. The quantitative estimate of drug-likeness (QED) is 0.593. The topological polar surface area (TPSA) is 116 Å². The SMILES string of the molecule is O=C(O)CC1(CNC(=O)NC2(C(=O)O)CCCCC2)CCCCC1. The number of carboxylic acids is 2. The number of nitrogens with one attached hydrogen (secondary N) is 2. The lowest BCUT2D eigenvalue weighted by molar-refractivity contribution is -0.145. The first-order valence-electron chi connectivity index (χ1n) is 8.89. The Labute approximate surface area is 142 Å². The molecule has 0 radical (unpaired) electrons. The standard InChI is InChI=1S/C17H28N2O5/c20-13(21)11-16(7-3-1-4-8-16)12-18-15(24)19-17(14(22)23)9-5-2-6-10-17/h1-12H2,(H,20,21)(H,22,23)(H2,18,19,24). The predicted octanol–water partition coefficient (Wildman–Crippen LogP) is 2.50. The lowest BCUT2D eigenvalue weighted by Crippen LogP contribution is -2.59. The summed E-state index contributed by atoms with van der Waals surface area (Å²) in [6.07, 6.45) is 8.07. The lowest BCUT2D eigenvalue weighted by Gasteiger charge is -2.37. The third-order valence-corrected chi connectivity index (χ3v) is 5.53. The molecule has 0 bridgehead atoms. The molecule has 0 aliphatic heterocycles. The molecule has 0 aromatic carbocycles. The fourth-order valence-electron chi connectivity index (χ4n) is 4.12. The van der Waals surface area contributed by atoms with E-state index >= 15 is 0 Å². The molecule has 2 saturated carbocycles. The van der Waals surface area contributed by atoms with E-state index < -0.39 is 28.9 Å². The first kappa shape index (κ1) is 18.5. The van der Waals surface area contributed by atoms with Crippen LogP contribution in [0.4, 0.5) is 4.79 Å². The Morgan fingerprint density at radius 1 is 0.833 bits per heavy atom. The Morgan fingerprint density at radius 3 is 1.88 bits per heavy atom. The first-order valence-corrected chi connectivity index (χ1v) is 8.89. The molecule has 2 amide bonds. The molecular formula is C17H28N2O5. The van der Waals surface area contributed by atoms with Gasteiger partial charge in [0.05, 0.1) is 6.42 Å². The van der Waals surface area contributed by atoms with Gasteiger partial charge in [-0.25, -0.2) is 9.59 Å². The second-order valence-electron chi connectivity index (χ2n) is 7.39. The van der Waals surface area contributed by atoms with Crippen molar-refractivity contribution in [1.29, 1.82) is 0 Å². The van der Waals surface area contributed by atoms with Gasteiger partial charge in [-0.05, 0) is 31.1 Å². The third kappa shape index (κ3) is 4.61. The van der Waals surface area contributed by atoms with E-state index in [-0.39, 0.29) is 13.0 Å². The Hall–Kier alpha value is -1.79. The number of amides is 2. The van der Waals surface area contributed by atoms with E-state index in [9.17, 15) is 19.5 Å². The molecule has 2 aliphatic carbocycles. The highest BCUT2D eigenvalue weighted by Crippen LogP contribution is 2.38. The number of carboxylic acid groups (broad SMARTS) is 2. The maximum Gasteiger partial charge on any atom is 0.329 e. The fourth-order valence-corrected chi connectivity index (χ4v) is 4.12. The van der Waals surface area contributed by atoms with Gasteiger partial charge in [0.15, 0.2) is 0 Å². The Kier molecular flexibility index (Phi) is 6.07. The summed E-state index contributed by atoms with van der Waals surface area (Å²) in [4.78, 5) is 35.0. The first-order chi connectivity index (χ1) is 11.4. The van der Waals surface area contributed by atoms with Crippen LogP contribution in [0.1, 0.15) is 70.6 Å². The summed E-state index contributed by atoms with van der Waals surface area (Å²) < 4.78 is 0. The second-order valence-corrected chi connectivity index (χ2v) is 7.39. The average molecular weight is 340 g/mol. The number of rotatable bonds is 6. The van der Waals surface area contributed by atoms with Gasteiger partial charge < -0.3 is 20.8 Å². The van der Waals surface area contributed by atoms with Gasteiger partial charge in [-0.1, -0.05) is 38.5 Å². The minimum atomic E-state index is -1.19. The zero-order chi connectivity index (χ0) is 17.6. The number of aliphatic carboxylic acids is 2. The molecule has 0 atom stereocenters. The van der Waals surface area contributed by atoms with Gasteiger partial charge in [-0.3, -0.25) is 4.79 Å². The minimum absolute atomic E-state index is 0.0390. The van der Waals surface area contributed by atoms with Crippen molar-refractivity contribution in [3.05, 3.63) is 0 Å². The van der Waals surface area contributed by atoms with Gasteiger partial charge in [0.25, 0.3) is 0 Å². The van der Waals surface area contributed by atoms with Crippen LogP contribution in [-0.4, -0.2) is 40.3 Å². The van der Waals surface area contributed by atoms with Crippen molar-refractivity contribution >= 4 is 18.0 Å². The molecular weight excluding hydrogens is 312 g/mol. The third-order valence-electron chi connectivity index (χ3n) is 5.53. The van der Waals surface area contributed by atoms with Crippen LogP contribution in [-0.2, 0) is 9.59 Å². The highest BCUT2D eigenvalue weighted by atomic mass is 16.4. The second kappa shape index (κ2) is 7.85. The summed E-state index contributed by atoms with van der Waals surface area (Å²) in [6.45, 7) is 0.279. The van der Waals surface area contributed by atoms with Gasteiger partial charge >= 0.3 is 18.0 Å².